The van der Waals surface area contributed by atoms with Gasteiger partial charge in [0.2, 0.25) is 0 Å². The molecule has 104 valence electrons. The van der Waals surface area contributed by atoms with E-state index in [9.17, 15) is 4.79 Å². The number of carboxylic acids is 1. The minimum Gasteiger partial charge on any atom is -0.482 e. The van der Waals surface area contributed by atoms with Crippen molar-refractivity contribution in [1.82, 2.24) is 10.2 Å². The van der Waals surface area contributed by atoms with E-state index in [4.69, 9.17) is 9.84 Å². The second-order valence-corrected chi connectivity index (χ2v) is 4.84. The number of benzene rings is 1. The predicted octanol–water partition coefficient (Wildman–Crippen LogP) is 0.944. The molecule has 0 aliphatic carbocycles. The Balaban J connectivity index is 1.83. The quantitative estimate of drug-likeness (QED) is 0.801. The zero-order valence-corrected chi connectivity index (χ0v) is 11.1. The largest absolute Gasteiger partial charge is 0.482 e. The molecule has 1 fully saturated rings. The number of rotatable bonds is 6. The van der Waals surface area contributed by atoms with Gasteiger partial charge in [-0.05, 0) is 31.2 Å². The van der Waals surface area contributed by atoms with Crippen LogP contribution in [0.5, 0.6) is 5.75 Å². The van der Waals surface area contributed by atoms with Gasteiger partial charge in [0.15, 0.2) is 6.61 Å². The average Bonchev–Trinajstić information content (AvgIpc) is 2.85. The number of carboxylic acid groups (broad SMARTS) is 1. The van der Waals surface area contributed by atoms with E-state index in [0.717, 1.165) is 19.6 Å². The predicted molar refractivity (Wildman–Crippen MR) is 72.3 cm³/mol. The molecule has 1 unspecified atom stereocenters. The second-order valence-electron chi connectivity index (χ2n) is 4.84. The van der Waals surface area contributed by atoms with E-state index in [1.807, 2.05) is 31.3 Å². The molecule has 19 heavy (non-hydrogen) atoms. The van der Waals surface area contributed by atoms with Crippen LogP contribution in [-0.2, 0) is 11.3 Å². The van der Waals surface area contributed by atoms with Gasteiger partial charge >= 0.3 is 5.97 Å². The van der Waals surface area contributed by atoms with Crippen LogP contribution in [0.4, 0.5) is 0 Å². The van der Waals surface area contributed by atoms with Crippen molar-refractivity contribution in [2.75, 3.05) is 26.7 Å². The molecule has 1 aromatic rings. The Hall–Kier alpha value is -1.59. The van der Waals surface area contributed by atoms with Crippen LogP contribution >= 0.6 is 0 Å². The number of hydrogen-bond acceptors (Lipinski definition) is 4. The van der Waals surface area contributed by atoms with Crippen molar-refractivity contribution >= 4 is 5.97 Å². The number of hydrogen-bond donors (Lipinski definition) is 2. The van der Waals surface area contributed by atoms with Gasteiger partial charge in [0.25, 0.3) is 0 Å². The molecule has 0 spiro atoms. The number of likely N-dealkylation sites (N-methyl/N-ethyl adjacent to an activating group) is 1. The normalized spacial score (nSPS) is 19.5. The molecule has 0 saturated carbocycles. The maximum atomic E-state index is 10.4. The highest BCUT2D eigenvalue weighted by atomic mass is 16.5. The summed E-state index contributed by atoms with van der Waals surface area (Å²) in [6.45, 7) is 2.82. The summed E-state index contributed by atoms with van der Waals surface area (Å²) in [7, 11) is 2.00. The van der Waals surface area contributed by atoms with E-state index in [1.54, 1.807) is 0 Å². The number of likely N-dealkylation sites (tertiary alicyclic amines) is 1. The molecule has 1 aliphatic rings. The molecule has 1 aliphatic heterocycles. The van der Waals surface area contributed by atoms with Crippen LogP contribution < -0.4 is 10.1 Å². The monoisotopic (exact) mass is 264 g/mol. The van der Waals surface area contributed by atoms with Crippen molar-refractivity contribution in [3.05, 3.63) is 29.8 Å². The highest BCUT2D eigenvalue weighted by molar-refractivity contribution is 5.68. The van der Waals surface area contributed by atoms with Crippen LogP contribution in [0.25, 0.3) is 0 Å². The van der Waals surface area contributed by atoms with Gasteiger partial charge in [0, 0.05) is 25.7 Å². The minimum atomic E-state index is -0.959. The van der Waals surface area contributed by atoms with Crippen molar-refractivity contribution < 1.29 is 14.6 Å². The molecule has 1 aromatic carbocycles. The van der Waals surface area contributed by atoms with Gasteiger partial charge in [-0.2, -0.15) is 0 Å². The average molecular weight is 264 g/mol. The summed E-state index contributed by atoms with van der Waals surface area (Å²) in [5, 5.41) is 11.8. The summed E-state index contributed by atoms with van der Waals surface area (Å²) >= 11 is 0. The van der Waals surface area contributed by atoms with Crippen molar-refractivity contribution in [3.63, 3.8) is 0 Å². The first kappa shape index (κ1) is 13.8. The summed E-state index contributed by atoms with van der Waals surface area (Å²) < 4.78 is 5.10. The van der Waals surface area contributed by atoms with E-state index >= 15 is 0 Å². The molecular formula is C14H20N2O3. The third kappa shape index (κ3) is 4.22. The Morgan fingerprint density at radius 3 is 2.79 bits per heavy atom. The third-order valence-corrected chi connectivity index (χ3v) is 3.37. The van der Waals surface area contributed by atoms with Crippen molar-refractivity contribution in [3.8, 4) is 5.75 Å². The topological polar surface area (TPSA) is 61.8 Å². The van der Waals surface area contributed by atoms with Gasteiger partial charge in [0.1, 0.15) is 5.75 Å². The van der Waals surface area contributed by atoms with Crippen LogP contribution in [-0.4, -0.2) is 48.8 Å². The van der Waals surface area contributed by atoms with E-state index in [-0.39, 0.29) is 6.61 Å². The molecule has 1 heterocycles. The van der Waals surface area contributed by atoms with Gasteiger partial charge < -0.3 is 15.2 Å². The van der Waals surface area contributed by atoms with Crippen molar-refractivity contribution in [2.45, 2.75) is 19.0 Å². The van der Waals surface area contributed by atoms with Crippen molar-refractivity contribution in [1.29, 1.82) is 0 Å². The summed E-state index contributed by atoms with van der Waals surface area (Å²) in [6, 6.07) is 8.22. The number of nitrogens with zero attached hydrogens (tertiary/aromatic N) is 1. The first-order valence-corrected chi connectivity index (χ1v) is 6.50. The standard InChI is InChI=1S/C14H20N2O3/c1-15-12-6-7-16(9-12)8-11-2-4-13(5-3-11)19-10-14(17)18/h2-5,12,15H,6-10H2,1H3,(H,17,18). The number of carbonyl (C=O) groups is 1. The zero-order chi connectivity index (χ0) is 13.7. The lowest BCUT2D eigenvalue weighted by molar-refractivity contribution is -0.139. The molecule has 2 rings (SSSR count). The number of ether oxygens (including phenoxy) is 1. The van der Waals surface area contributed by atoms with Crippen LogP contribution in [0.2, 0.25) is 0 Å². The summed E-state index contributed by atoms with van der Waals surface area (Å²) in [5.74, 6) is -0.361. The minimum absolute atomic E-state index is 0.296. The van der Waals surface area contributed by atoms with Crippen LogP contribution in [0.15, 0.2) is 24.3 Å². The molecule has 0 radical (unpaired) electrons. The molecule has 0 bridgehead atoms. The highest BCUT2D eigenvalue weighted by Crippen LogP contribution is 2.16. The van der Waals surface area contributed by atoms with Crippen LogP contribution in [0.1, 0.15) is 12.0 Å². The molecule has 5 heteroatoms. The smallest absolute Gasteiger partial charge is 0.341 e. The lowest BCUT2D eigenvalue weighted by Gasteiger charge is -2.16. The molecule has 0 amide bonds. The van der Waals surface area contributed by atoms with Crippen molar-refractivity contribution in [2.24, 2.45) is 0 Å². The first-order chi connectivity index (χ1) is 9.17. The van der Waals surface area contributed by atoms with E-state index in [1.165, 1.54) is 12.0 Å². The maximum Gasteiger partial charge on any atom is 0.341 e. The second kappa shape index (κ2) is 6.54. The fourth-order valence-corrected chi connectivity index (χ4v) is 2.31. The lowest BCUT2D eigenvalue weighted by Crippen LogP contribution is -2.29. The van der Waals surface area contributed by atoms with Gasteiger partial charge in [-0.3, -0.25) is 4.90 Å². The molecule has 5 nitrogen and oxygen atoms in total. The summed E-state index contributed by atoms with van der Waals surface area (Å²) in [6.07, 6.45) is 1.19. The Morgan fingerprint density at radius 2 is 2.21 bits per heavy atom. The van der Waals surface area contributed by atoms with E-state index in [2.05, 4.69) is 10.2 Å². The zero-order valence-electron chi connectivity index (χ0n) is 11.1. The molecule has 2 N–H and O–H groups in total. The lowest BCUT2D eigenvalue weighted by atomic mass is 10.2. The van der Waals surface area contributed by atoms with Gasteiger partial charge in [-0.25, -0.2) is 4.79 Å². The number of aliphatic carboxylic acids is 1. The fraction of sp³-hybridized carbons (Fsp3) is 0.500. The van der Waals surface area contributed by atoms with Gasteiger partial charge in [0.05, 0.1) is 0 Å². The Bertz CT molecular complexity index is 419. The summed E-state index contributed by atoms with van der Waals surface area (Å²) in [4.78, 5) is 12.8. The Kier molecular flexibility index (Phi) is 4.76. The maximum absolute atomic E-state index is 10.4. The third-order valence-electron chi connectivity index (χ3n) is 3.37. The Labute approximate surface area is 113 Å². The van der Waals surface area contributed by atoms with Crippen LogP contribution in [0, 0.1) is 0 Å². The molecule has 0 aromatic heterocycles. The van der Waals surface area contributed by atoms with Gasteiger partial charge in [-0.1, -0.05) is 12.1 Å². The Morgan fingerprint density at radius 1 is 1.47 bits per heavy atom. The molecule has 1 atom stereocenters. The number of nitrogens with one attached hydrogen (secondary N) is 1. The highest BCUT2D eigenvalue weighted by Gasteiger charge is 2.20. The van der Waals surface area contributed by atoms with E-state index < -0.39 is 5.97 Å². The van der Waals surface area contributed by atoms with Gasteiger partial charge in [-0.15, -0.1) is 0 Å². The van der Waals surface area contributed by atoms with Crippen LogP contribution in [0.3, 0.4) is 0 Å². The summed E-state index contributed by atoms with van der Waals surface area (Å²) in [5.41, 5.74) is 1.22. The SMILES string of the molecule is CNC1CCN(Cc2ccc(OCC(=O)O)cc2)C1. The molecule has 1 saturated heterocycles. The first-order valence-electron chi connectivity index (χ1n) is 6.50. The fourth-order valence-electron chi connectivity index (χ4n) is 2.31. The van der Waals surface area contributed by atoms with E-state index in [0.29, 0.717) is 11.8 Å². The molecular weight excluding hydrogens is 244 g/mol.